The molecule has 1 unspecified atom stereocenters. The van der Waals surface area contributed by atoms with E-state index in [1.807, 2.05) is 12.1 Å². The summed E-state index contributed by atoms with van der Waals surface area (Å²) in [5.74, 6) is 2.74. The molecule has 2 aromatic rings. The van der Waals surface area contributed by atoms with Crippen LogP contribution in [0.25, 0.3) is 11.0 Å². The van der Waals surface area contributed by atoms with Gasteiger partial charge in [-0.2, -0.15) is 0 Å². The number of anilines is 1. The highest BCUT2D eigenvalue weighted by Gasteiger charge is 2.30. The Hall–Kier alpha value is -1.51. The molecule has 1 aromatic heterocycles. The Kier molecular flexibility index (Phi) is 4.18. The van der Waals surface area contributed by atoms with Gasteiger partial charge in [0.15, 0.2) is 0 Å². The fourth-order valence-electron chi connectivity index (χ4n) is 3.19. The van der Waals surface area contributed by atoms with Crippen molar-refractivity contribution < 1.29 is 0 Å². The molecule has 1 heterocycles. The second-order valence-corrected chi connectivity index (χ2v) is 6.52. The smallest absolute Gasteiger partial charge is 0.113 e. The van der Waals surface area contributed by atoms with Gasteiger partial charge in [-0.25, -0.2) is 4.98 Å². The highest BCUT2D eigenvalue weighted by molar-refractivity contribution is 5.79. The molecule has 1 saturated carbocycles. The van der Waals surface area contributed by atoms with Crippen molar-refractivity contribution in [2.24, 2.45) is 5.92 Å². The molecule has 0 spiro atoms. The van der Waals surface area contributed by atoms with Crippen molar-refractivity contribution >= 4 is 16.7 Å². The van der Waals surface area contributed by atoms with Gasteiger partial charge in [0, 0.05) is 18.2 Å². The van der Waals surface area contributed by atoms with Gasteiger partial charge >= 0.3 is 0 Å². The molecule has 0 aliphatic heterocycles. The Morgan fingerprint density at radius 3 is 2.81 bits per heavy atom. The van der Waals surface area contributed by atoms with Gasteiger partial charge in [-0.15, -0.1) is 0 Å². The van der Waals surface area contributed by atoms with Gasteiger partial charge in [-0.3, -0.25) is 0 Å². The number of nitrogens with two attached hydrogens (primary N) is 1. The Morgan fingerprint density at radius 2 is 2.14 bits per heavy atom. The lowest BCUT2D eigenvalue weighted by Crippen LogP contribution is -2.12. The first-order valence-corrected chi connectivity index (χ1v) is 8.48. The summed E-state index contributed by atoms with van der Waals surface area (Å²) in [6.45, 7) is 5.70. The summed E-state index contributed by atoms with van der Waals surface area (Å²) >= 11 is 0. The molecule has 3 rings (SSSR count). The number of rotatable bonds is 7. The Labute approximate surface area is 127 Å². The highest BCUT2D eigenvalue weighted by atomic mass is 15.1. The van der Waals surface area contributed by atoms with E-state index in [9.17, 15) is 0 Å². The molecule has 1 aliphatic rings. The number of fused-ring (bicyclic) bond motifs is 1. The molecule has 1 aromatic carbocycles. The quantitative estimate of drug-likeness (QED) is 0.748. The molecular weight excluding hydrogens is 258 g/mol. The first kappa shape index (κ1) is 14.4. The standard InChI is InChI=1S/C18H27N3/c1-3-5-6-13(4-2)12-21-17-10-9-15(19)11-16(17)20-18(21)14-7-8-14/h9-11,13-14H,3-8,12,19H2,1-2H3. The van der Waals surface area contributed by atoms with E-state index in [2.05, 4.69) is 24.5 Å². The van der Waals surface area contributed by atoms with E-state index in [-0.39, 0.29) is 0 Å². The first-order chi connectivity index (χ1) is 10.2. The van der Waals surface area contributed by atoms with Crippen LogP contribution in [-0.2, 0) is 6.54 Å². The number of hydrogen-bond acceptors (Lipinski definition) is 2. The number of hydrogen-bond donors (Lipinski definition) is 1. The number of aromatic nitrogens is 2. The number of nitrogen functional groups attached to an aromatic ring is 1. The van der Waals surface area contributed by atoms with Crippen LogP contribution in [0.4, 0.5) is 5.69 Å². The van der Waals surface area contributed by atoms with Crippen molar-refractivity contribution in [1.82, 2.24) is 9.55 Å². The number of nitrogens with zero attached hydrogens (tertiary/aromatic N) is 2. The van der Waals surface area contributed by atoms with Gasteiger partial charge in [0.2, 0.25) is 0 Å². The summed E-state index contributed by atoms with van der Waals surface area (Å²) in [5, 5.41) is 0. The van der Waals surface area contributed by atoms with E-state index < -0.39 is 0 Å². The molecule has 1 aliphatic carbocycles. The normalized spacial score (nSPS) is 16.5. The molecule has 2 N–H and O–H groups in total. The summed E-state index contributed by atoms with van der Waals surface area (Å²) in [4.78, 5) is 4.89. The maximum Gasteiger partial charge on any atom is 0.113 e. The number of imidazole rings is 1. The van der Waals surface area contributed by atoms with E-state index in [1.165, 1.54) is 49.9 Å². The minimum atomic E-state index is 0.683. The zero-order chi connectivity index (χ0) is 14.8. The van der Waals surface area contributed by atoms with E-state index in [4.69, 9.17) is 10.7 Å². The SMILES string of the molecule is CCCCC(CC)Cn1c(C2CC2)nc2cc(N)ccc21. The zero-order valence-corrected chi connectivity index (χ0v) is 13.3. The van der Waals surface area contributed by atoms with Crippen LogP contribution in [0.5, 0.6) is 0 Å². The van der Waals surface area contributed by atoms with Crippen LogP contribution in [0.3, 0.4) is 0 Å². The summed E-state index contributed by atoms with van der Waals surface area (Å²) in [7, 11) is 0. The molecule has 3 heteroatoms. The van der Waals surface area contributed by atoms with Gasteiger partial charge < -0.3 is 10.3 Å². The molecular formula is C18H27N3. The minimum Gasteiger partial charge on any atom is -0.399 e. The highest BCUT2D eigenvalue weighted by Crippen LogP contribution is 2.41. The zero-order valence-electron chi connectivity index (χ0n) is 13.3. The second-order valence-electron chi connectivity index (χ2n) is 6.52. The first-order valence-electron chi connectivity index (χ1n) is 8.48. The Balaban J connectivity index is 1.93. The molecule has 1 fully saturated rings. The van der Waals surface area contributed by atoms with Crippen molar-refractivity contribution in [1.29, 1.82) is 0 Å². The van der Waals surface area contributed by atoms with Crippen molar-refractivity contribution in [3.05, 3.63) is 24.0 Å². The van der Waals surface area contributed by atoms with E-state index >= 15 is 0 Å². The number of unbranched alkanes of at least 4 members (excludes halogenated alkanes) is 1. The summed E-state index contributed by atoms with van der Waals surface area (Å²) in [5.41, 5.74) is 9.07. The molecule has 0 amide bonds. The second kappa shape index (κ2) is 6.08. The van der Waals surface area contributed by atoms with Crippen LogP contribution in [-0.4, -0.2) is 9.55 Å². The Bertz CT molecular complexity index is 610. The van der Waals surface area contributed by atoms with Crippen LogP contribution in [0.15, 0.2) is 18.2 Å². The lowest BCUT2D eigenvalue weighted by molar-refractivity contribution is 0.390. The van der Waals surface area contributed by atoms with Gasteiger partial charge in [-0.1, -0.05) is 33.1 Å². The van der Waals surface area contributed by atoms with Crippen LogP contribution in [0.2, 0.25) is 0 Å². The van der Waals surface area contributed by atoms with E-state index in [0.717, 1.165) is 23.7 Å². The topological polar surface area (TPSA) is 43.8 Å². The predicted octanol–water partition coefficient (Wildman–Crippen LogP) is 4.71. The molecule has 3 nitrogen and oxygen atoms in total. The molecule has 1 atom stereocenters. The number of benzene rings is 1. The molecule has 0 bridgehead atoms. The van der Waals surface area contributed by atoms with Crippen LogP contribution in [0, 0.1) is 5.92 Å². The lowest BCUT2D eigenvalue weighted by Gasteiger charge is -2.18. The third-order valence-corrected chi connectivity index (χ3v) is 4.73. The lowest BCUT2D eigenvalue weighted by atomic mass is 9.99. The maximum absolute atomic E-state index is 5.92. The Morgan fingerprint density at radius 1 is 1.33 bits per heavy atom. The third-order valence-electron chi connectivity index (χ3n) is 4.73. The molecule has 0 radical (unpaired) electrons. The molecule has 114 valence electrons. The third kappa shape index (κ3) is 3.07. The van der Waals surface area contributed by atoms with Crippen LogP contribution in [0.1, 0.15) is 64.1 Å². The predicted molar refractivity (Wildman–Crippen MR) is 89.4 cm³/mol. The fraction of sp³-hybridized carbons (Fsp3) is 0.611. The summed E-state index contributed by atoms with van der Waals surface area (Å²) in [6, 6.07) is 6.17. The van der Waals surface area contributed by atoms with Crippen molar-refractivity contribution in [2.45, 2.75) is 64.8 Å². The monoisotopic (exact) mass is 285 g/mol. The van der Waals surface area contributed by atoms with E-state index in [0.29, 0.717) is 5.92 Å². The van der Waals surface area contributed by atoms with Crippen LogP contribution < -0.4 is 5.73 Å². The molecule has 0 saturated heterocycles. The van der Waals surface area contributed by atoms with Crippen LogP contribution >= 0.6 is 0 Å². The fourth-order valence-corrected chi connectivity index (χ4v) is 3.19. The van der Waals surface area contributed by atoms with Crippen molar-refractivity contribution in [2.75, 3.05) is 5.73 Å². The summed E-state index contributed by atoms with van der Waals surface area (Å²) < 4.78 is 2.48. The van der Waals surface area contributed by atoms with Crippen molar-refractivity contribution in [3.8, 4) is 0 Å². The average molecular weight is 285 g/mol. The van der Waals surface area contributed by atoms with Crippen molar-refractivity contribution in [3.63, 3.8) is 0 Å². The van der Waals surface area contributed by atoms with Gasteiger partial charge in [0.1, 0.15) is 5.82 Å². The maximum atomic E-state index is 5.92. The van der Waals surface area contributed by atoms with Gasteiger partial charge in [-0.05, 0) is 43.4 Å². The van der Waals surface area contributed by atoms with Gasteiger partial charge in [0.05, 0.1) is 11.0 Å². The molecule has 21 heavy (non-hydrogen) atoms. The van der Waals surface area contributed by atoms with Gasteiger partial charge in [0.25, 0.3) is 0 Å². The minimum absolute atomic E-state index is 0.683. The average Bonchev–Trinajstić information content (AvgIpc) is 3.26. The van der Waals surface area contributed by atoms with E-state index in [1.54, 1.807) is 0 Å². The summed E-state index contributed by atoms with van der Waals surface area (Å²) in [6.07, 6.45) is 7.78. The largest absolute Gasteiger partial charge is 0.399 e.